The van der Waals surface area contributed by atoms with Crippen molar-refractivity contribution in [2.24, 2.45) is 5.73 Å². The van der Waals surface area contributed by atoms with Crippen LogP contribution in [0.1, 0.15) is 26.7 Å². The number of ether oxygens (including phenoxy) is 1. The van der Waals surface area contributed by atoms with Gasteiger partial charge in [-0.25, -0.2) is 4.79 Å². The number of rotatable bonds is 6. The summed E-state index contributed by atoms with van der Waals surface area (Å²) in [5, 5.41) is 12.2. The zero-order valence-electron chi connectivity index (χ0n) is 14.3. The van der Waals surface area contributed by atoms with E-state index in [0.29, 0.717) is 25.3 Å². The van der Waals surface area contributed by atoms with Crippen LogP contribution in [0.25, 0.3) is 0 Å². The van der Waals surface area contributed by atoms with Crippen LogP contribution in [-0.4, -0.2) is 66.3 Å². The maximum atomic E-state index is 11.6. The van der Waals surface area contributed by atoms with Gasteiger partial charge in [0.1, 0.15) is 0 Å². The van der Waals surface area contributed by atoms with E-state index in [-0.39, 0.29) is 24.4 Å². The van der Waals surface area contributed by atoms with Gasteiger partial charge in [-0.15, -0.1) is 0 Å². The van der Waals surface area contributed by atoms with E-state index in [1.54, 1.807) is 6.08 Å². The summed E-state index contributed by atoms with van der Waals surface area (Å²) >= 11 is 0. The molecule has 0 saturated heterocycles. The highest BCUT2D eigenvalue weighted by molar-refractivity contribution is 5.87. The predicted molar refractivity (Wildman–Crippen MR) is 90.5 cm³/mol. The topological polar surface area (TPSA) is 105 Å². The summed E-state index contributed by atoms with van der Waals surface area (Å²) in [4.78, 5) is 25.1. The summed E-state index contributed by atoms with van der Waals surface area (Å²) in [6, 6.07) is -0.942. The Morgan fingerprint density at radius 2 is 2.25 bits per heavy atom. The third-order valence-corrected chi connectivity index (χ3v) is 4.47. The lowest BCUT2D eigenvalue weighted by Crippen LogP contribution is -2.61. The molecule has 0 spiro atoms. The van der Waals surface area contributed by atoms with Crippen molar-refractivity contribution in [3.05, 3.63) is 23.3 Å². The van der Waals surface area contributed by atoms with Gasteiger partial charge >= 0.3 is 5.97 Å². The van der Waals surface area contributed by atoms with Gasteiger partial charge in [0.05, 0.1) is 18.7 Å². The molecule has 0 radical (unpaired) electrons. The molecule has 0 aromatic heterocycles. The van der Waals surface area contributed by atoms with Crippen LogP contribution in [0.3, 0.4) is 0 Å². The van der Waals surface area contributed by atoms with E-state index in [1.807, 2.05) is 6.92 Å². The van der Waals surface area contributed by atoms with Crippen molar-refractivity contribution in [2.45, 2.75) is 44.8 Å². The number of carboxylic acids is 1. The highest BCUT2D eigenvalue weighted by Gasteiger charge is 2.37. The molecule has 24 heavy (non-hydrogen) atoms. The van der Waals surface area contributed by atoms with E-state index in [0.717, 1.165) is 13.0 Å². The monoisotopic (exact) mass is 337 g/mol. The van der Waals surface area contributed by atoms with Gasteiger partial charge < -0.3 is 20.9 Å². The maximum absolute atomic E-state index is 11.6. The van der Waals surface area contributed by atoms with Crippen LogP contribution in [0.5, 0.6) is 0 Å². The zero-order valence-corrected chi connectivity index (χ0v) is 14.3. The largest absolute Gasteiger partial charge is 0.478 e. The minimum atomic E-state index is -0.946. The Bertz CT molecular complexity index is 544. The van der Waals surface area contributed by atoms with Gasteiger partial charge in [0.25, 0.3) is 0 Å². The molecular weight excluding hydrogens is 310 g/mol. The van der Waals surface area contributed by atoms with E-state index in [9.17, 15) is 14.7 Å². The molecule has 0 bridgehead atoms. The fraction of sp³-hybridized carbons (Fsp3) is 0.647. The van der Waals surface area contributed by atoms with Gasteiger partial charge in [-0.3, -0.25) is 9.69 Å². The van der Waals surface area contributed by atoms with Crippen molar-refractivity contribution < 1.29 is 19.4 Å². The first-order chi connectivity index (χ1) is 11.4. The maximum Gasteiger partial charge on any atom is 0.331 e. The zero-order chi connectivity index (χ0) is 17.7. The lowest BCUT2D eigenvalue weighted by molar-refractivity contribution is -0.133. The van der Waals surface area contributed by atoms with Gasteiger partial charge in [-0.05, 0) is 25.3 Å². The lowest BCUT2D eigenvalue weighted by Gasteiger charge is -2.42. The number of nitrogens with two attached hydrogens (primary N) is 1. The molecule has 7 nitrogen and oxygen atoms in total. The number of nitrogens with zero attached hydrogens (tertiary/aromatic N) is 1. The Morgan fingerprint density at radius 1 is 1.50 bits per heavy atom. The third-order valence-electron chi connectivity index (χ3n) is 4.47. The molecule has 0 saturated carbocycles. The fourth-order valence-corrected chi connectivity index (χ4v) is 3.36. The van der Waals surface area contributed by atoms with E-state index in [2.05, 4.69) is 16.3 Å². The molecule has 0 aromatic carbocycles. The number of carbonyl (C=O) groups is 2. The Balaban J connectivity index is 2.21. The van der Waals surface area contributed by atoms with Crippen LogP contribution >= 0.6 is 0 Å². The molecule has 1 aliphatic carbocycles. The third kappa shape index (κ3) is 4.66. The van der Waals surface area contributed by atoms with Crippen LogP contribution < -0.4 is 11.1 Å². The average molecular weight is 337 g/mol. The molecule has 3 atom stereocenters. The van der Waals surface area contributed by atoms with Crippen LogP contribution in [0.2, 0.25) is 0 Å². The molecule has 1 aliphatic heterocycles. The second-order valence-electron chi connectivity index (χ2n) is 6.34. The van der Waals surface area contributed by atoms with Crippen LogP contribution in [0.15, 0.2) is 23.3 Å². The SMILES string of the molecule is CCOCC1=CCCN([C@@H]2C=C(C(=O)O)C[C@H](N)[C@H]2NC(C)=O)C1. The van der Waals surface area contributed by atoms with E-state index in [1.165, 1.54) is 12.5 Å². The number of nitrogens with one attached hydrogen (secondary N) is 1. The van der Waals surface area contributed by atoms with Crippen molar-refractivity contribution >= 4 is 11.9 Å². The number of carbonyl (C=O) groups excluding carboxylic acids is 1. The second-order valence-corrected chi connectivity index (χ2v) is 6.34. The molecule has 0 fully saturated rings. The van der Waals surface area contributed by atoms with Gasteiger partial charge in [0, 0.05) is 38.2 Å². The van der Waals surface area contributed by atoms with E-state index >= 15 is 0 Å². The number of hydrogen-bond acceptors (Lipinski definition) is 5. The number of aliphatic carboxylic acids is 1. The van der Waals surface area contributed by atoms with Crippen LogP contribution in [0.4, 0.5) is 0 Å². The van der Waals surface area contributed by atoms with Gasteiger partial charge in [0.15, 0.2) is 0 Å². The minimum absolute atomic E-state index is 0.158. The minimum Gasteiger partial charge on any atom is -0.478 e. The summed E-state index contributed by atoms with van der Waals surface area (Å²) in [7, 11) is 0. The van der Waals surface area contributed by atoms with Crippen molar-refractivity contribution in [1.29, 1.82) is 0 Å². The number of carboxylic acid groups (broad SMARTS) is 1. The molecule has 0 unspecified atom stereocenters. The highest BCUT2D eigenvalue weighted by atomic mass is 16.5. The van der Waals surface area contributed by atoms with Gasteiger partial charge in [0.2, 0.25) is 5.91 Å². The first kappa shape index (κ1) is 18.6. The highest BCUT2D eigenvalue weighted by Crippen LogP contribution is 2.25. The van der Waals surface area contributed by atoms with Crippen LogP contribution in [-0.2, 0) is 14.3 Å². The van der Waals surface area contributed by atoms with Gasteiger partial charge in [-0.2, -0.15) is 0 Å². The summed E-state index contributed by atoms with van der Waals surface area (Å²) in [6.45, 7) is 6.13. The molecule has 2 rings (SSSR count). The van der Waals surface area contributed by atoms with Crippen LogP contribution in [0, 0.1) is 0 Å². The molecule has 2 aliphatic rings. The first-order valence-corrected chi connectivity index (χ1v) is 8.38. The lowest BCUT2D eigenvalue weighted by atomic mass is 9.85. The Morgan fingerprint density at radius 3 is 2.88 bits per heavy atom. The average Bonchev–Trinajstić information content (AvgIpc) is 2.54. The molecule has 0 aromatic rings. The number of amides is 1. The molecular formula is C17H27N3O4. The second kappa shape index (κ2) is 8.41. The van der Waals surface area contributed by atoms with E-state index in [4.69, 9.17) is 10.5 Å². The molecule has 1 amide bonds. The van der Waals surface area contributed by atoms with Crippen molar-refractivity contribution in [3.8, 4) is 0 Å². The summed E-state index contributed by atoms with van der Waals surface area (Å²) < 4.78 is 5.48. The predicted octanol–water partition coefficient (Wildman–Crippen LogP) is 0.270. The Kier molecular flexibility index (Phi) is 6.53. The molecule has 4 N–H and O–H groups in total. The Hall–Kier alpha value is -1.70. The van der Waals surface area contributed by atoms with Crippen molar-refractivity contribution in [1.82, 2.24) is 10.2 Å². The summed E-state index contributed by atoms with van der Waals surface area (Å²) in [6.07, 6.45) is 5.05. The van der Waals surface area contributed by atoms with Gasteiger partial charge in [-0.1, -0.05) is 12.2 Å². The Labute approximate surface area is 142 Å². The summed E-state index contributed by atoms with van der Waals surface area (Å²) in [5.41, 5.74) is 7.67. The molecule has 7 heteroatoms. The van der Waals surface area contributed by atoms with Crippen molar-refractivity contribution in [2.75, 3.05) is 26.3 Å². The summed E-state index contributed by atoms with van der Waals surface area (Å²) in [5.74, 6) is -1.10. The number of hydrogen-bond donors (Lipinski definition) is 3. The first-order valence-electron chi connectivity index (χ1n) is 8.38. The normalized spacial score (nSPS) is 28.0. The quantitative estimate of drug-likeness (QED) is 0.601. The van der Waals surface area contributed by atoms with E-state index < -0.39 is 12.0 Å². The molecule has 1 heterocycles. The standard InChI is InChI=1S/C17H27N3O4/c1-3-24-10-12-5-4-6-20(9-12)15-8-13(17(22)23)7-14(18)16(15)19-11(2)21/h5,8,14-16H,3-4,6-7,9-10,18H2,1-2H3,(H,19,21)(H,22,23)/t14-,15+,16+/m0/s1. The smallest absolute Gasteiger partial charge is 0.331 e. The fourth-order valence-electron chi connectivity index (χ4n) is 3.36. The van der Waals surface area contributed by atoms with Crippen molar-refractivity contribution in [3.63, 3.8) is 0 Å². The molecule has 134 valence electrons.